The highest BCUT2D eigenvalue weighted by atomic mass is 32.1. The highest BCUT2D eigenvalue weighted by Gasteiger charge is 2.01. The van der Waals surface area contributed by atoms with Gasteiger partial charge >= 0.3 is 6.03 Å². The van der Waals surface area contributed by atoms with Gasteiger partial charge in [-0.15, -0.1) is 11.3 Å². The van der Waals surface area contributed by atoms with Crippen molar-refractivity contribution in [3.8, 4) is 10.4 Å². The summed E-state index contributed by atoms with van der Waals surface area (Å²) in [5.41, 5.74) is 6.89. The predicted octanol–water partition coefficient (Wildman–Crippen LogP) is 3.21. The monoisotopic (exact) mass is 232 g/mol. The lowest BCUT2D eigenvalue weighted by atomic mass is 10.2. The number of primary amides is 1. The molecule has 0 fully saturated rings. The van der Waals surface area contributed by atoms with E-state index in [2.05, 4.69) is 24.4 Å². The van der Waals surface area contributed by atoms with Crippen molar-refractivity contribution in [3.63, 3.8) is 0 Å². The molecule has 3 N–H and O–H groups in total. The van der Waals surface area contributed by atoms with Crippen molar-refractivity contribution in [1.82, 2.24) is 0 Å². The third-order valence-electron chi connectivity index (χ3n) is 2.18. The minimum Gasteiger partial charge on any atom is -0.351 e. The molecule has 2 amide bonds. The maximum absolute atomic E-state index is 10.6. The fourth-order valence-corrected chi connectivity index (χ4v) is 2.32. The standard InChI is InChI=1S/C12H12N2OS/c1-8-2-7-11(16-8)9-3-5-10(6-4-9)14-12(13)15/h2-7H,1H3,(H3,13,14,15). The number of anilines is 1. The number of nitrogens with two attached hydrogens (primary N) is 1. The Kier molecular flexibility index (Phi) is 2.92. The van der Waals surface area contributed by atoms with Gasteiger partial charge in [0.1, 0.15) is 0 Å². The van der Waals surface area contributed by atoms with E-state index in [0.717, 1.165) is 5.56 Å². The summed E-state index contributed by atoms with van der Waals surface area (Å²) in [7, 11) is 0. The molecular weight excluding hydrogens is 220 g/mol. The molecule has 0 aliphatic carbocycles. The maximum Gasteiger partial charge on any atom is 0.316 e. The Morgan fingerprint density at radius 1 is 1.19 bits per heavy atom. The van der Waals surface area contributed by atoms with Crippen LogP contribution in [0.5, 0.6) is 0 Å². The van der Waals surface area contributed by atoms with Crippen LogP contribution in [0.15, 0.2) is 36.4 Å². The number of amides is 2. The fourth-order valence-electron chi connectivity index (χ4n) is 1.45. The van der Waals surface area contributed by atoms with Crippen LogP contribution in [-0.2, 0) is 0 Å². The van der Waals surface area contributed by atoms with E-state index in [1.807, 2.05) is 24.3 Å². The van der Waals surface area contributed by atoms with E-state index in [-0.39, 0.29) is 0 Å². The van der Waals surface area contributed by atoms with Gasteiger partial charge in [-0.2, -0.15) is 0 Å². The predicted molar refractivity (Wildman–Crippen MR) is 67.7 cm³/mol. The number of benzene rings is 1. The Hall–Kier alpha value is -1.81. The van der Waals surface area contributed by atoms with E-state index in [9.17, 15) is 4.79 Å². The molecule has 0 aliphatic heterocycles. The summed E-state index contributed by atoms with van der Waals surface area (Å²) in [5.74, 6) is 0. The molecule has 0 spiro atoms. The van der Waals surface area contributed by atoms with Crippen LogP contribution >= 0.6 is 11.3 Å². The molecule has 4 heteroatoms. The first kappa shape index (κ1) is 10.7. The molecule has 0 atom stereocenters. The van der Waals surface area contributed by atoms with Crippen molar-refractivity contribution in [3.05, 3.63) is 41.3 Å². The summed E-state index contributed by atoms with van der Waals surface area (Å²) in [4.78, 5) is 13.2. The molecule has 3 nitrogen and oxygen atoms in total. The van der Waals surface area contributed by atoms with Crippen LogP contribution in [0.2, 0.25) is 0 Å². The van der Waals surface area contributed by atoms with Gasteiger partial charge in [-0.1, -0.05) is 12.1 Å². The van der Waals surface area contributed by atoms with E-state index in [1.54, 1.807) is 11.3 Å². The molecule has 1 heterocycles. The van der Waals surface area contributed by atoms with Gasteiger partial charge in [-0.25, -0.2) is 4.79 Å². The molecule has 0 bridgehead atoms. The number of nitrogens with one attached hydrogen (secondary N) is 1. The Bertz CT molecular complexity index is 502. The Labute approximate surface area is 97.9 Å². The van der Waals surface area contributed by atoms with Crippen LogP contribution in [-0.4, -0.2) is 6.03 Å². The molecule has 2 rings (SSSR count). The zero-order valence-electron chi connectivity index (χ0n) is 8.86. The largest absolute Gasteiger partial charge is 0.351 e. The molecular formula is C12H12N2OS. The van der Waals surface area contributed by atoms with Crippen molar-refractivity contribution >= 4 is 23.1 Å². The number of carbonyl (C=O) groups is 1. The molecule has 0 unspecified atom stereocenters. The van der Waals surface area contributed by atoms with Gasteiger partial charge < -0.3 is 11.1 Å². The zero-order chi connectivity index (χ0) is 11.5. The number of aryl methyl sites for hydroxylation is 1. The number of carbonyl (C=O) groups excluding carboxylic acids is 1. The van der Waals surface area contributed by atoms with Crippen molar-refractivity contribution < 1.29 is 4.79 Å². The van der Waals surface area contributed by atoms with Crippen molar-refractivity contribution in [1.29, 1.82) is 0 Å². The van der Waals surface area contributed by atoms with E-state index < -0.39 is 6.03 Å². The van der Waals surface area contributed by atoms with Crippen LogP contribution in [0.1, 0.15) is 4.88 Å². The summed E-state index contributed by atoms with van der Waals surface area (Å²) in [5, 5.41) is 2.53. The first-order valence-electron chi connectivity index (χ1n) is 4.88. The summed E-state index contributed by atoms with van der Waals surface area (Å²) in [6.07, 6.45) is 0. The highest BCUT2D eigenvalue weighted by molar-refractivity contribution is 7.15. The first-order valence-corrected chi connectivity index (χ1v) is 5.70. The second kappa shape index (κ2) is 4.37. The maximum atomic E-state index is 10.6. The first-order chi connectivity index (χ1) is 7.65. The minimum absolute atomic E-state index is 0.542. The van der Waals surface area contributed by atoms with Gasteiger partial charge in [-0.3, -0.25) is 0 Å². The number of urea groups is 1. The third kappa shape index (κ3) is 2.41. The molecule has 0 radical (unpaired) electrons. The topological polar surface area (TPSA) is 55.1 Å². The zero-order valence-corrected chi connectivity index (χ0v) is 9.67. The summed E-state index contributed by atoms with van der Waals surface area (Å²) in [6.45, 7) is 2.08. The SMILES string of the molecule is Cc1ccc(-c2ccc(NC(N)=O)cc2)s1. The molecule has 1 aromatic carbocycles. The second-order valence-electron chi connectivity index (χ2n) is 3.48. The highest BCUT2D eigenvalue weighted by Crippen LogP contribution is 2.28. The lowest BCUT2D eigenvalue weighted by Crippen LogP contribution is -2.19. The molecule has 0 aliphatic rings. The number of hydrogen-bond acceptors (Lipinski definition) is 2. The van der Waals surface area contributed by atoms with Gasteiger partial charge in [0.2, 0.25) is 0 Å². The van der Waals surface area contributed by atoms with Gasteiger partial charge in [-0.05, 0) is 36.8 Å². The van der Waals surface area contributed by atoms with Crippen LogP contribution in [0, 0.1) is 6.92 Å². The molecule has 0 saturated heterocycles. The van der Waals surface area contributed by atoms with Crippen molar-refractivity contribution in [2.45, 2.75) is 6.92 Å². The summed E-state index contributed by atoms with van der Waals surface area (Å²) < 4.78 is 0. The molecule has 82 valence electrons. The second-order valence-corrected chi connectivity index (χ2v) is 4.76. The van der Waals surface area contributed by atoms with E-state index >= 15 is 0 Å². The van der Waals surface area contributed by atoms with Crippen LogP contribution in [0.25, 0.3) is 10.4 Å². The quantitative estimate of drug-likeness (QED) is 0.820. The lowest BCUT2D eigenvalue weighted by Gasteiger charge is -2.02. The minimum atomic E-state index is -0.542. The van der Waals surface area contributed by atoms with Gasteiger partial charge in [0.05, 0.1) is 0 Å². The third-order valence-corrected chi connectivity index (χ3v) is 3.23. The van der Waals surface area contributed by atoms with Crippen LogP contribution < -0.4 is 11.1 Å². The van der Waals surface area contributed by atoms with Crippen molar-refractivity contribution in [2.75, 3.05) is 5.32 Å². The summed E-state index contributed by atoms with van der Waals surface area (Å²) >= 11 is 1.75. The Balaban J connectivity index is 2.22. The molecule has 16 heavy (non-hydrogen) atoms. The summed E-state index contributed by atoms with van der Waals surface area (Å²) in [6, 6.07) is 11.3. The molecule has 0 saturated carbocycles. The van der Waals surface area contributed by atoms with Gasteiger partial charge in [0.15, 0.2) is 0 Å². The average Bonchev–Trinajstić information content (AvgIpc) is 2.65. The van der Waals surface area contributed by atoms with E-state index in [0.29, 0.717) is 5.69 Å². The van der Waals surface area contributed by atoms with Crippen molar-refractivity contribution in [2.24, 2.45) is 5.73 Å². The van der Waals surface area contributed by atoms with Crippen LogP contribution in [0.4, 0.5) is 10.5 Å². The number of hydrogen-bond donors (Lipinski definition) is 2. The Morgan fingerprint density at radius 3 is 2.38 bits per heavy atom. The van der Waals surface area contributed by atoms with Gasteiger partial charge in [0.25, 0.3) is 0 Å². The van der Waals surface area contributed by atoms with E-state index in [1.165, 1.54) is 9.75 Å². The fraction of sp³-hybridized carbons (Fsp3) is 0.0833. The average molecular weight is 232 g/mol. The number of thiophene rings is 1. The number of rotatable bonds is 2. The Morgan fingerprint density at radius 2 is 1.88 bits per heavy atom. The lowest BCUT2D eigenvalue weighted by molar-refractivity contribution is 0.259. The van der Waals surface area contributed by atoms with E-state index in [4.69, 9.17) is 5.73 Å². The normalized spacial score (nSPS) is 10.1. The van der Waals surface area contributed by atoms with Gasteiger partial charge in [0, 0.05) is 15.4 Å². The van der Waals surface area contributed by atoms with Crippen LogP contribution in [0.3, 0.4) is 0 Å². The molecule has 1 aromatic heterocycles. The molecule has 2 aromatic rings. The smallest absolute Gasteiger partial charge is 0.316 e.